The van der Waals surface area contributed by atoms with Crippen molar-refractivity contribution in [2.24, 2.45) is 5.10 Å². The molecule has 1 N–H and O–H groups in total. The molecule has 166 valence electrons. The lowest BCUT2D eigenvalue weighted by atomic mass is 10.2. The number of hydrogen-bond acceptors (Lipinski definition) is 6. The Hall–Kier alpha value is -3.62. The SMILES string of the molecule is COc1ccc(C=NNC(=O)CSc2nc3ccccc3c(=O)n2-c2ccc(Cl)cc2)cc1. The standard InChI is InChI=1S/C24H19ClN4O3S/c1-32-19-12-6-16(7-13-19)14-26-28-22(30)15-33-24-27-21-5-3-2-4-20(21)23(31)29(24)18-10-8-17(25)9-11-18/h2-14H,15H2,1H3,(H,28,30). The summed E-state index contributed by atoms with van der Waals surface area (Å²) in [5.74, 6) is 0.440. The van der Waals surface area contributed by atoms with E-state index in [-0.39, 0.29) is 17.2 Å². The first kappa shape index (κ1) is 22.6. The van der Waals surface area contributed by atoms with Gasteiger partial charge in [0.2, 0.25) is 0 Å². The van der Waals surface area contributed by atoms with Crippen molar-refractivity contribution in [3.05, 3.63) is 93.7 Å². The molecule has 4 rings (SSSR count). The Kier molecular flexibility index (Phi) is 7.07. The molecule has 0 aliphatic carbocycles. The molecule has 0 radical (unpaired) electrons. The van der Waals surface area contributed by atoms with E-state index in [0.717, 1.165) is 23.1 Å². The molecule has 1 amide bonds. The van der Waals surface area contributed by atoms with Gasteiger partial charge in [-0.05, 0) is 66.2 Å². The summed E-state index contributed by atoms with van der Waals surface area (Å²) in [5, 5.41) is 5.43. The van der Waals surface area contributed by atoms with E-state index >= 15 is 0 Å². The highest BCUT2D eigenvalue weighted by molar-refractivity contribution is 7.99. The van der Waals surface area contributed by atoms with Crippen molar-refractivity contribution in [3.63, 3.8) is 0 Å². The van der Waals surface area contributed by atoms with E-state index in [9.17, 15) is 9.59 Å². The van der Waals surface area contributed by atoms with Crippen LogP contribution < -0.4 is 15.7 Å². The highest BCUT2D eigenvalue weighted by atomic mass is 35.5. The van der Waals surface area contributed by atoms with Crippen LogP contribution in [0.2, 0.25) is 5.02 Å². The van der Waals surface area contributed by atoms with Crippen LogP contribution in [0.15, 0.2) is 87.8 Å². The van der Waals surface area contributed by atoms with Crippen LogP contribution in [-0.2, 0) is 4.79 Å². The Bertz CT molecular complexity index is 1370. The number of benzene rings is 3. The first-order valence-corrected chi connectivity index (χ1v) is 11.3. The molecule has 33 heavy (non-hydrogen) atoms. The number of halogens is 1. The summed E-state index contributed by atoms with van der Waals surface area (Å²) >= 11 is 7.15. The number of carbonyl (C=O) groups excluding carboxylic acids is 1. The number of methoxy groups -OCH3 is 1. The molecule has 9 heteroatoms. The van der Waals surface area contributed by atoms with Crippen molar-refractivity contribution < 1.29 is 9.53 Å². The zero-order valence-electron chi connectivity index (χ0n) is 17.6. The molecule has 0 saturated heterocycles. The van der Waals surface area contributed by atoms with Crippen molar-refractivity contribution in [1.29, 1.82) is 0 Å². The number of ether oxygens (including phenoxy) is 1. The quantitative estimate of drug-likeness (QED) is 0.185. The molecular weight excluding hydrogens is 460 g/mol. The molecular formula is C24H19ClN4O3S. The number of aromatic nitrogens is 2. The molecule has 4 aromatic rings. The lowest BCUT2D eigenvalue weighted by Crippen LogP contribution is -2.24. The third-order valence-electron chi connectivity index (χ3n) is 4.68. The maximum absolute atomic E-state index is 13.2. The molecule has 7 nitrogen and oxygen atoms in total. The fourth-order valence-electron chi connectivity index (χ4n) is 3.06. The van der Waals surface area contributed by atoms with Gasteiger partial charge in [0.05, 0.1) is 35.7 Å². The lowest BCUT2D eigenvalue weighted by Gasteiger charge is -2.13. The second-order valence-electron chi connectivity index (χ2n) is 6.88. The normalized spacial score (nSPS) is 11.1. The van der Waals surface area contributed by atoms with Crippen molar-refractivity contribution in [1.82, 2.24) is 15.0 Å². The summed E-state index contributed by atoms with van der Waals surface area (Å²) in [6.45, 7) is 0. The van der Waals surface area contributed by atoms with Gasteiger partial charge in [0.15, 0.2) is 5.16 Å². The highest BCUT2D eigenvalue weighted by Crippen LogP contribution is 2.22. The number of amides is 1. The van der Waals surface area contributed by atoms with Crippen LogP contribution in [-0.4, -0.2) is 34.5 Å². The van der Waals surface area contributed by atoms with Gasteiger partial charge >= 0.3 is 0 Å². The first-order chi connectivity index (χ1) is 16.0. The van der Waals surface area contributed by atoms with Crippen molar-refractivity contribution in [3.8, 4) is 11.4 Å². The van der Waals surface area contributed by atoms with E-state index in [1.54, 1.807) is 67.9 Å². The maximum Gasteiger partial charge on any atom is 0.266 e. The minimum Gasteiger partial charge on any atom is -0.497 e. The molecule has 3 aromatic carbocycles. The number of thioether (sulfide) groups is 1. The summed E-state index contributed by atoms with van der Waals surface area (Å²) < 4.78 is 6.60. The second-order valence-corrected chi connectivity index (χ2v) is 8.26. The molecule has 0 fully saturated rings. The monoisotopic (exact) mass is 478 g/mol. The second kappa shape index (κ2) is 10.3. The van der Waals surface area contributed by atoms with Crippen LogP contribution >= 0.6 is 23.4 Å². The largest absolute Gasteiger partial charge is 0.497 e. The van der Waals surface area contributed by atoms with Crippen LogP contribution in [0.1, 0.15) is 5.56 Å². The average molecular weight is 479 g/mol. The van der Waals surface area contributed by atoms with Gasteiger partial charge in [-0.3, -0.25) is 14.2 Å². The summed E-state index contributed by atoms with van der Waals surface area (Å²) in [5.41, 5.74) is 4.27. The number of hydrogen-bond donors (Lipinski definition) is 1. The predicted octanol–water partition coefficient (Wildman–Crippen LogP) is 4.29. The summed E-state index contributed by atoms with van der Waals surface area (Å²) in [4.78, 5) is 30.2. The Labute approximate surface area is 199 Å². The van der Waals surface area contributed by atoms with Gasteiger partial charge in [-0.15, -0.1) is 0 Å². The molecule has 0 atom stereocenters. The van der Waals surface area contributed by atoms with E-state index in [1.165, 1.54) is 4.57 Å². The minimum atomic E-state index is -0.324. The predicted molar refractivity (Wildman–Crippen MR) is 132 cm³/mol. The molecule has 1 aromatic heterocycles. The van der Waals surface area contributed by atoms with Gasteiger partial charge < -0.3 is 4.74 Å². The van der Waals surface area contributed by atoms with E-state index in [4.69, 9.17) is 16.3 Å². The number of para-hydroxylation sites is 1. The summed E-state index contributed by atoms with van der Waals surface area (Å²) in [7, 11) is 1.60. The van der Waals surface area contributed by atoms with Crippen LogP contribution in [0.5, 0.6) is 5.75 Å². The lowest BCUT2D eigenvalue weighted by molar-refractivity contribution is -0.118. The molecule has 0 unspecified atom stereocenters. The Balaban J connectivity index is 1.53. The molecule has 0 bridgehead atoms. The van der Waals surface area contributed by atoms with Crippen molar-refractivity contribution in [2.45, 2.75) is 5.16 Å². The Morgan fingerprint density at radius 1 is 1.12 bits per heavy atom. The molecule has 1 heterocycles. The zero-order chi connectivity index (χ0) is 23.2. The van der Waals surface area contributed by atoms with E-state index in [0.29, 0.717) is 26.8 Å². The fourth-order valence-corrected chi connectivity index (χ4v) is 3.99. The number of nitrogens with one attached hydrogen (secondary N) is 1. The molecule has 0 saturated carbocycles. The summed E-state index contributed by atoms with van der Waals surface area (Å²) in [6.07, 6.45) is 1.54. The first-order valence-electron chi connectivity index (χ1n) is 9.91. The Morgan fingerprint density at radius 3 is 2.58 bits per heavy atom. The number of carbonyl (C=O) groups is 1. The van der Waals surface area contributed by atoms with E-state index < -0.39 is 0 Å². The van der Waals surface area contributed by atoms with Gasteiger partial charge in [-0.2, -0.15) is 5.10 Å². The van der Waals surface area contributed by atoms with E-state index in [2.05, 4.69) is 15.5 Å². The maximum atomic E-state index is 13.2. The van der Waals surface area contributed by atoms with Crippen LogP contribution in [0, 0.1) is 0 Å². The third kappa shape index (κ3) is 5.42. The molecule has 0 aliphatic rings. The van der Waals surface area contributed by atoms with Crippen LogP contribution in [0.4, 0.5) is 0 Å². The topological polar surface area (TPSA) is 85.6 Å². The van der Waals surface area contributed by atoms with Crippen LogP contribution in [0.25, 0.3) is 16.6 Å². The van der Waals surface area contributed by atoms with Gasteiger partial charge in [-0.25, -0.2) is 10.4 Å². The number of nitrogens with zero attached hydrogens (tertiary/aromatic N) is 3. The minimum absolute atomic E-state index is 0.0261. The van der Waals surface area contributed by atoms with Gasteiger partial charge in [0.1, 0.15) is 5.75 Å². The highest BCUT2D eigenvalue weighted by Gasteiger charge is 2.14. The van der Waals surface area contributed by atoms with E-state index in [1.807, 2.05) is 18.2 Å². The number of fused-ring (bicyclic) bond motifs is 1. The molecule has 0 aliphatic heterocycles. The van der Waals surface area contributed by atoms with Crippen molar-refractivity contribution >= 4 is 46.4 Å². The average Bonchev–Trinajstić information content (AvgIpc) is 2.84. The Morgan fingerprint density at radius 2 is 1.85 bits per heavy atom. The third-order valence-corrected chi connectivity index (χ3v) is 5.87. The van der Waals surface area contributed by atoms with Gasteiger partial charge in [0, 0.05) is 5.02 Å². The smallest absolute Gasteiger partial charge is 0.266 e. The van der Waals surface area contributed by atoms with Gasteiger partial charge in [0.25, 0.3) is 11.5 Å². The van der Waals surface area contributed by atoms with Gasteiger partial charge in [-0.1, -0.05) is 35.5 Å². The zero-order valence-corrected chi connectivity index (χ0v) is 19.1. The molecule has 0 spiro atoms. The number of hydrazone groups is 1. The fraction of sp³-hybridized carbons (Fsp3) is 0.0833. The van der Waals surface area contributed by atoms with Crippen molar-refractivity contribution in [2.75, 3.05) is 12.9 Å². The van der Waals surface area contributed by atoms with Crippen LogP contribution in [0.3, 0.4) is 0 Å². The summed E-state index contributed by atoms with van der Waals surface area (Å²) in [6, 6.07) is 21.3. The number of rotatable bonds is 7.